The topological polar surface area (TPSA) is 90.1 Å². The number of sulfone groups is 1. The van der Waals surface area contributed by atoms with E-state index in [1.807, 2.05) is 0 Å². The number of fused-ring (bicyclic) bond motifs is 1. The van der Waals surface area contributed by atoms with Gasteiger partial charge in [-0.1, -0.05) is 13.0 Å². The average Bonchev–Trinajstić information content (AvgIpc) is 3.08. The normalized spacial score (nSPS) is 12.7. The van der Waals surface area contributed by atoms with Crippen LogP contribution in [0.2, 0.25) is 0 Å². The predicted molar refractivity (Wildman–Crippen MR) is 102 cm³/mol. The lowest BCUT2D eigenvalue weighted by molar-refractivity contribution is -0.104. The molecule has 0 spiro atoms. The van der Waals surface area contributed by atoms with Gasteiger partial charge in [0.1, 0.15) is 17.5 Å². The van der Waals surface area contributed by atoms with E-state index in [9.17, 15) is 26.4 Å². The summed E-state index contributed by atoms with van der Waals surface area (Å²) in [5.74, 6) is -0.345. The van der Waals surface area contributed by atoms with Crippen molar-refractivity contribution >= 4 is 45.1 Å². The van der Waals surface area contributed by atoms with Gasteiger partial charge in [0.05, 0.1) is 10.6 Å². The summed E-state index contributed by atoms with van der Waals surface area (Å²) in [6, 6.07) is 5.10. The Morgan fingerprint density at radius 3 is 2.66 bits per heavy atom. The summed E-state index contributed by atoms with van der Waals surface area (Å²) >= 11 is -0.288. The lowest BCUT2D eigenvalue weighted by Crippen LogP contribution is -2.07. The molecule has 3 aromatic rings. The number of aromatic nitrogens is 2. The van der Waals surface area contributed by atoms with Gasteiger partial charge < -0.3 is 4.42 Å². The molecular weight excluding hydrogens is 429 g/mol. The highest BCUT2D eigenvalue weighted by Crippen LogP contribution is 2.38. The van der Waals surface area contributed by atoms with Crippen molar-refractivity contribution in [2.75, 3.05) is 5.75 Å². The Bertz CT molecular complexity index is 1200. The molecule has 152 valence electrons. The molecule has 0 aliphatic heterocycles. The molecule has 3 rings (SSSR count). The molecule has 0 bridgehead atoms. The minimum atomic E-state index is -4.45. The number of allylic oxidation sites excluding steroid dienone is 1. The Hall–Kier alpha value is -2.66. The summed E-state index contributed by atoms with van der Waals surface area (Å²) in [4.78, 5) is 18.5. The molecule has 2 aromatic heterocycles. The summed E-state index contributed by atoms with van der Waals surface area (Å²) in [7, 11) is -3.73. The van der Waals surface area contributed by atoms with Gasteiger partial charge in [-0.05, 0) is 47.7 Å². The zero-order chi connectivity index (χ0) is 21.2. The van der Waals surface area contributed by atoms with E-state index < -0.39 is 15.3 Å². The van der Waals surface area contributed by atoms with Crippen LogP contribution in [0.25, 0.3) is 28.8 Å². The van der Waals surface area contributed by atoms with Crippen molar-refractivity contribution in [3.63, 3.8) is 0 Å². The van der Waals surface area contributed by atoms with Gasteiger partial charge in [-0.25, -0.2) is 18.4 Å². The third-order valence-corrected chi connectivity index (χ3v) is 6.21. The number of pyridine rings is 1. The third-order valence-electron chi connectivity index (χ3n) is 3.75. The molecule has 0 aliphatic rings. The zero-order valence-corrected chi connectivity index (χ0v) is 16.4. The number of aldehydes is 1. The number of halogens is 3. The number of hydrogen-bond donors (Lipinski definition) is 0. The van der Waals surface area contributed by atoms with E-state index in [4.69, 9.17) is 4.42 Å². The predicted octanol–water partition coefficient (Wildman–Crippen LogP) is 4.51. The lowest BCUT2D eigenvalue weighted by Gasteiger charge is -2.07. The van der Waals surface area contributed by atoms with Crippen molar-refractivity contribution in [1.29, 1.82) is 0 Å². The number of nitrogens with zero attached hydrogens (tertiary/aromatic N) is 2. The van der Waals surface area contributed by atoms with Gasteiger partial charge in [-0.3, -0.25) is 4.79 Å². The van der Waals surface area contributed by atoms with Crippen molar-refractivity contribution in [3.8, 4) is 11.6 Å². The van der Waals surface area contributed by atoms with Gasteiger partial charge in [0, 0.05) is 11.1 Å². The smallest absolute Gasteiger partial charge is 0.435 e. The second kappa shape index (κ2) is 7.99. The maximum absolute atomic E-state index is 12.6. The van der Waals surface area contributed by atoms with Crippen LogP contribution >= 0.6 is 11.8 Å². The van der Waals surface area contributed by atoms with Gasteiger partial charge in [0.15, 0.2) is 15.4 Å². The summed E-state index contributed by atoms with van der Waals surface area (Å²) in [6.45, 7) is 1.46. The monoisotopic (exact) mass is 442 g/mol. The highest BCUT2D eigenvalue weighted by atomic mass is 32.2. The molecule has 0 N–H and O–H groups in total. The van der Waals surface area contributed by atoms with E-state index >= 15 is 0 Å². The maximum atomic E-state index is 12.6. The standard InChI is InChI=1S/C18H13F3N2O4S2/c1-2-29(25,26)15-8-11(4-3-7-24)10-22-16(15)17-23-13-9-12(28-18(19,20)21)5-6-14(13)27-17/h3-10H,2H2,1H3. The Labute approximate surface area is 167 Å². The first-order chi connectivity index (χ1) is 13.6. The van der Waals surface area contributed by atoms with E-state index in [-0.39, 0.29) is 50.0 Å². The van der Waals surface area contributed by atoms with Crippen LogP contribution in [0, 0.1) is 0 Å². The molecule has 6 nitrogen and oxygen atoms in total. The molecule has 0 aliphatic carbocycles. The van der Waals surface area contributed by atoms with Crippen molar-refractivity contribution in [2.45, 2.75) is 22.2 Å². The van der Waals surface area contributed by atoms with Crippen LogP contribution in [0.3, 0.4) is 0 Å². The zero-order valence-electron chi connectivity index (χ0n) is 14.8. The number of benzene rings is 1. The van der Waals surface area contributed by atoms with E-state index in [2.05, 4.69) is 9.97 Å². The Morgan fingerprint density at radius 1 is 1.24 bits per heavy atom. The van der Waals surface area contributed by atoms with Crippen LogP contribution in [-0.4, -0.2) is 35.9 Å². The van der Waals surface area contributed by atoms with Gasteiger partial charge in [0.2, 0.25) is 5.89 Å². The fourth-order valence-corrected chi connectivity index (χ4v) is 4.10. The van der Waals surface area contributed by atoms with Crippen molar-refractivity contribution in [3.05, 3.63) is 42.1 Å². The highest BCUT2D eigenvalue weighted by Gasteiger charge is 2.29. The fraction of sp³-hybridized carbons (Fsp3) is 0.167. The Kier molecular flexibility index (Phi) is 5.80. The van der Waals surface area contributed by atoms with Crippen LogP contribution < -0.4 is 0 Å². The van der Waals surface area contributed by atoms with Crippen LogP contribution in [0.15, 0.2) is 50.7 Å². The molecule has 0 fully saturated rings. The molecule has 0 saturated heterocycles. The molecule has 11 heteroatoms. The molecular formula is C18H13F3N2O4S2. The quantitative estimate of drug-likeness (QED) is 0.315. The minimum absolute atomic E-state index is 0.0590. The third kappa shape index (κ3) is 4.85. The summed E-state index contributed by atoms with van der Waals surface area (Å²) < 4.78 is 68.3. The molecule has 0 unspecified atom stereocenters. The van der Waals surface area contributed by atoms with Crippen LogP contribution in [0.1, 0.15) is 12.5 Å². The van der Waals surface area contributed by atoms with Crippen LogP contribution in [-0.2, 0) is 14.6 Å². The number of carbonyl (C=O) groups excluding carboxylic acids is 1. The molecule has 1 aromatic carbocycles. The minimum Gasteiger partial charge on any atom is -0.435 e. The number of thioether (sulfide) groups is 1. The first-order valence-electron chi connectivity index (χ1n) is 8.14. The molecule has 0 saturated carbocycles. The van der Waals surface area contributed by atoms with E-state index in [1.54, 1.807) is 0 Å². The second-order valence-corrected chi connectivity index (χ2v) is 9.10. The number of alkyl halides is 3. The van der Waals surface area contributed by atoms with Crippen molar-refractivity contribution < 1.29 is 30.8 Å². The summed E-state index contributed by atoms with van der Waals surface area (Å²) in [5, 5.41) is 0. The maximum Gasteiger partial charge on any atom is 0.446 e. The van der Waals surface area contributed by atoms with Crippen molar-refractivity contribution in [1.82, 2.24) is 9.97 Å². The van der Waals surface area contributed by atoms with Gasteiger partial charge in [-0.2, -0.15) is 13.2 Å². The van der Waals surface area contributed by atoms with Gasteiger partial charge in [0.25, 0.3) is 0 Å². The molecule has 29 heavy (non-hydrogen) atoms. The van der Waals surface area contributed by atoms with Crippen LogP contribution in [0.4, 0.5) is 13.2 Å². The summed E-state index contributed by atoms with van der Waals surface area (Å²) in [5.41, 5.74) is -3.79. The first-order valence-corrected chi connectivity index (χ1v) is 10.6. The van der Waals surface area contributed by atoms with E-state index in [0.717, 1.165) is 0 Å². The van der Waals surface area contributed by atoms with Crippen LogP contribution in [0.5, 0.6) is 0 Å². The van der Waals surface area contributed by atoms with E-state index in [1.165, 1.54) is 49.5 Å². The first kappa shape index (κ1) is 21.1. The molecule has 2 heterocycles. The van der Waals surface area contributed by atoms with E-state index in [0.29, 0.717) is 11.8 Å². The Morgan fingerprint density at radius 2 is 2.00 bits per heavy atom. The number of carbonyl (C=O) groups is 1. The fourth-order valence-electron chi connectivity index (χ4n) is 2.46. The van der Waals surface area contributed by atoms with Gasteiger partial charge in [-0.15, -0.1) is 0 Å². The molecule has 0 atom stereocenters. The van der Waals surface area contributed by atoms with Crippen molar-refractivity contribution in [2.24, 2.45) is 0 Å². The van der Waals surface area contributed by atoms with Gasteiger partial charge >= 0.3 is 5.51 Å². The number of hydrogen-bond acceptors (Lipinski definition) is 7. The molecule has 0 radical (unpaired) electrons. The average molecular weight is 442 g/mol. The Balaban J connectivity index is 2.12. The highest BCUT2D eigenvalue weighted by molar-refractivity contribution is 8.00. The number of oxazole rings is 1. The summed E-state index contributed by atoms with van der Waals surface area (Å²) in [6.07, 6.45) is 4.46. The largest absolute Gasteiger partial charge is 0.446 e. The lowest BCUT2D eigenvalue weighted by atomic mass is 10.2. The SMILES string of the molecule is CCS(=O)(=O)c1cc(C=CC=O)cnc1-c1nc2cc(SC(F)(F)F)ccc2o1. The second-order valence-electron chi connectivity index (χ2n) is 5.71. The molecule has 0 amide bonds. The number of rotatable bonds is 6.